The van der Waals surface area contributed by atoms with Crippen LogP contribution in [0.4, 0.5) is 0 Å². The second-order valence-corrected chi connectivity index (χ2v) is 10.4. The van der Waals surface area contributed by atoms with Crippen LogP contribution in [0.2, 0.25) is 0 Å². The first-order valence-corrected chi connectivity index (χ1v) is 13.1. The summed E-state index contributed by atoms with van der Waals surface area (Å²) in [5, 5.41) is 10.6. The van der Waals surface area contributed by atoms with Crippen LogP contribution in [-0.4, -0.2) is 61.2 Å². The van der Waals surface area contributed by atoms with E-state index in [1.165, 1.54) is 57.8 Å². The van der Waals surface area contributed by atoms with Crippen molar-refractivity contribution in [3.8, 4) is 0 Å². The standard InChI is InChI=1S/C26H50N2O2/c1-4-5-6-7-8-9-10-11-12-13-18-26(25(29)30,23-14-19-27(2)20-15-23)24-16-21-28(3)22-17-24/h23-24H,4-22H2,1-3H3,(H,29,30). The van der Waals surface area contributed by atoms with Crippen LogP contribution in [-0.2, 0) is 4.79 Å². The predicted molar refractivity (Wildman–Crippen MR) is 127 cm³/mol. The van der Waals surface area contributed by atoms with Gasteiger partial charge in [0.25, 0.3) is 0 Å². The lowest BCUT2D eigenvalue weighted by molar-refractivity contribution is -0.162. The highest BCUT2D eigenvalue weighted by molar-refractivity contribution is 5.75. The molecule has 0 spiro atoms. The summed E-state index contributed by atoms with van der Waals surface area (Å²) in [7, 11) is 4.35. The van der Waals surface area contributed by atoms with Crippen LogP contribution in [0.25, 0.3) is 0 Å². The summed E-state index contributed by atoms with van der Waals surface area (Å²) < 4.78 is 0. The fraction of sp³-hybridized carbons (Fsp3) is 0.962. The van der Waals surface area contributed by atoms with Gasteiger partial charge in [-0.25, -0.2) is 0 Å². The molecule has 0 aliphatic carbocycles. The van der Waals surface area contributed by atoms with E-state index in [1.54, 1.807) is 0 Å². The van der Waals surface area contributed by atoms with Gasteiger partial charge in [-0.05, 0) is 84.2 Å². The minimum atomic E-state index is -0.484. The van der Waals surface area contributed by atoms with Crippen LogP contribution in [0, 0.1) is 17.3 Å². The Bertz CT molecular complexity index is 444. The number of aliphatic carboxylic acids is 1. The van der Waals surface area contributed by atoms with E-state index in [0.29, 0.717) is 11.8 Å². The highest BCUT2D eigenvalue weighted by atomic mass is 16.4. The van der Waals surface area contributed by atoms with Gasteiger partial charge in [-0.3, -0.25) is 4.79 Å². The molecule has 2 rings (SSSR count). The molecule has 0 atom stereocenters. The molecule has 176 valence electrons. The molecule has 0 aromatic carbocycles. The molecule has 0 radical (unpaired) electrons. The largest absolute Gasteiger partial charge is 0.481 e. The molecule has 4 nitrogen and oxygen atoms in total. The van der Waals surface area contributed by atoms with Crippen molar-refractivity contribution in [2.24, 2.45) is 17.3 Å². The Morgan fingerprint density at radius 1 is 0.733 bits per heavy atom. The topological polar surface area (TPSA) is 43.8 Å². The first kappa shape index (κ1) is 25.6. The molecule has 2 fully saturated rings. The normalized spacial score (nSPS) is 20.6. The lowest BCUT2D eigenvalue weighted by atomic mass is 9.58. The number of nitrogens with zero attached hydrogens (tertiary/aromatic N) is 2. The number of carboxylic acid groups (broad SMARTS) is 1. The first-order chi connectivity index (χ1) is 14.5. The molecule has 30 heavy (non-hydrogen) atoms. The third kappa shape index (κ3) is 7.51. The molecular weight excluding hydrogens is 372 g/mol. The van der Waals surface area contributed by atoms with Gasteiger partial charge >= 0.3 is 5.97 Å². The third-order valence-electron chi connectivity index (χ3n) is 8.24. The molecule has 2 saturated heterocycles. The van der Waals surface area contributed by atoms with Crippen molar-refractivity contribution in [1.82, 2.24) is 9.80 Å². The lowest BCUT2D eigenvalue weighted by Crippen LogP contribution is -2.51. The van der Waals surface area contributed by atoms with Gasteiger partial charge in [0.1, 0.15) is 0 Å². The number of rotatable bonds is 14. The van der Waals surface area contributed by atoms with E-state index in [4.69, 9.17) is 0 Å². The molecule has 0 amide bonds. The minimum Gasteiger partial charge on any atom is -0.481 e. The molecule has 0 unspecified atom stereocenters. The van der Waals surface area contributed by atoms with E-state index in [1.807, 2.05) is 0 Å². The quantitative estimate of drug-likeness (QED) is 0.346. The molecule has 0 saturated carbocycles. The molecule has 0 aromatic heterocycles. The zero-order chi connectivity index (χ0) is 21.8. The van der Waals surface area contributed by atoms with Crippen LogP contribution in [0.3, 0.4) is 0 Å². The van der Waals surface area contributed by atoms with Gasteiger partial charge in [0.2, 0.25) is 0 Å². The van der Waals surface area contributed by atoms with E-state index in [2.05, 4.69) is 30.8 Å². The van der Waals surface area contributed by atoms with Crippen LogP contribution in [0.1, 0.15) is 103 Å². The molecule has 2 aliphatic rings. The zero-order valence-electron chi connectivity index (χ0n) is 20.3. The number of unbranched alkanes of at least 4 members (excludes halogenated alkanes) is 9. The summed E-state index contributed by atoms with van der Waals surface area (Å²) in [5.41, 5.74) is -0.483. The van der Waals surface area contributed by atoms with Crippen molar-refractivity contribution in [3.63, 3.8) is 0 Å². The van der Waals surface area contributed by atoms with Gasteiger partial charge in [-0.1, -0.05) is 71.1 Å². The molecule has 1 N–H and O–H groups in total. The summed E-state index contributed by atoms with van der Waals surface area (Å²) >= 11 is 0. The van der Waals surface area contributed by atoms with E-state index in [0.717, 1.165) is 64.7 Å². The number of piperidine rings is 2. The van der Waals surface area contributed by atoms with Gasteiger partial charge in [0, 0.05) is 0 Å². The second kappa shape index (κ2) is 13.7. The Labute approximate surface area is 186 Å². The van der Waals surface area contributed by atoms with Crippen LogP contribution in [0.15, 0.2) is 0 Å². The van der Waals surface area contributed by atoms with E-state index >= 15 is 0 Å². The van der Waals surface area contributed by atoms with Gasteiger partial charge < -0.3 is 14.9 Å². The number of hydrogen-bond acceptors (Lipinski definition) is 3. The summed E-state index contributed by atoms with van der Waals surface area (Å²) in [4.78, 5) is 17.6. The Hall–Kier alpha value is -0.610. The highest BCUT2D eigenvalue weighted by Crippen LogP contribution is 2.49. The third-order valence-corrected chi connectivity index (χ3v) is 8.24. The van der Waals surface area contributed by atoms with Crippen LogP contribution >= 0.6 is 0 Å². The Kier molecular flexibility index (Phi) is 11.7. The summed E-state index contributed by atoms with van der Waals surface area (Å²) in [6.45, 7) is 6.51. The molecular formula is C26H50N2O2. The average molecular weight is 423 g/mol. The maximum atomic E-state index is 12.8. The zero-order valence-corrected chi connectivity index (χ0v) is 20.3. The van der Waals surface area contributed by atoms with Gasteiger partial charge in [-0.2, -0.15) is 0 Å². The van der Waals surface area contributed by atoms with Crippen molar-refractivity contribution in [3.05, 3.63) is 0 Å². The fourth-order valence-corrected chi connectivity index (χ4v) is 6.15. The smallest absolute Gasteiger partial charge is 0.310 e. The SMILES string of the molecule is CCCCCCCCCCCCC(C(=O)O)(C1CCN(C)CC1)C1CCN(C)CC1. The van der Waals surface area contributed by atoms with E-state index in [9.17, 15) is 9.90 Å². The minimum absolute atomic E-state index is 0.359. The number of carboxylic acids is 1. The highest BCUT2D eigenvalue weighted by Gasteiger charge is 2.51. The molecule has 4 heteroatoms. The fourth-order valence-electron chi connectivity index (χ4n) is 6.15. The van der Waals surface area contributed by atoms with Crippen molar-refractivity contribution in [2.45, 2.75) is 103 Å². The Balaban J connectivity index is 1.87. The number of likely N-dealkylation sites (tertiary alicyclic amines) is 2. The van der Waals surface area contributed by atoms with E-state index < -0.39 is 11.4 Å². The maximum Gasteiger partial charge on any atom is 0.310 e. The summed E-state index contributed by atoms with van der Waals surface area (Å²) in [6, 6.07) is 0. The van der Waals surface area contributed by atoms with Gasteiger partial charge in [0.05, 0.1) is 5.41 Å². The van der Waals surface area contributed by atoms with Crippen LogP contribution < -0.4 is 0 Å². The predicted octanol–water partition coefficient (Wildman–Crippen LogP) is 6.05. The summed E-state index contributed by atoms with van der Waals surface area (Å²) in [6.07, 6.45) is 18.3. The average Bonchev–Trinajstić information content (AvgIpc) is 2.74. The maximum absolute atomic E-state index is 12.8. The summed E-state index contributed by atoms with van der Waals surface area (Å²) in [5.74, 6) is 0.235. The Morgan fingerprint density at radius 2 is 1.10 bits per heavy atom. The Morgan fingerprint density at radius 3 is 1.47 bits per heavy atom. The lowest BCUT2D eigenvalue weighted by Gasteiger charge is -2.48. The molecule has 0 bridgehead atoms. The second-order valence-electron chi connectivity index (χ2n) is 10.4. The molecule has 2 aliphatic heterocycles. The van der Waals surface area contributed by atoms with Crippen molar-refractivity contribution >= 4 is 5.97 Å². The van der Waals surface area contributed by atoms with Crippen molar-refractivity contribution < 1.29 is 9.90 Å². The monoisotopic (exact) mass is 422 g/mol. The van der Waals surface area contributed by atoms with Gasteiger partial charge in [-0.15, -0.1) is 0 Å². The number of hydrogen-bond donors (Lipinski definition) is 1. The molecule has 2 heterocycles. The molecule has 0 aromatic rings. The first-order valence-electron chi connectivity index (χ1n) is 13.1. The van der Waals surface area contributed by atoms with Crippen molar-refractivity contribution in [2.75, 3.05) is 40.3 Å². The number of carbonyl (C=O) groups is 1. The van der Waals surface area contributed by atoms with Crippen molar-refractivity contribution in [1.29, 1.82) is 0 Å². The van der Waals surface area contributed by atoms with Crippen LogP contribution in [0.5, 0.6) is 0 Å². The van der Waals surface area contributed by atoms with E-state index in [-0.39, 0.29) is 0 Å². The van der Waals surface area contributed by atoms with Gasteiger partial charge in [0.15, 0.2) is 0 Å².